The Morgan fingerprint density at radius 1 is 1.24 bits per heavy atom. The SMILES string of the molecule is O=C(c1ccc[nH]1)N1CCOc2ccccc21. The quantitative estimate of drug-likeness (QED) is 0.812. The maximum absolute atomic E-state index is 12.3. The Labute approximate surface area is 98.8 Å². The molecule has 1 aromatic heterocycles. The lowest BCUT2D eigenvalue weighted by molar-refractivity contribution is 0.0972. The van der Waals surface area contributed by atoms with Gasteiger partial charge in [0, 0.05) is 6.20 Å². The summed E-state index contributed by atoms with van der Waals surface area (Å²) in [6.07, 6.45) is 1.75. The van der Waals surface area contributed by atoms with Gasteiger partial charge in [-0.3, -0.25) is 4.79 Å². The standard InChI is InChI=1S/C13H12N2O2/c16-13(10-4-3-7-14-10)15-8-9-17-12-6-2-1-5-11(12)15/h1-7,14H,8-9H2. The average molecular weight is 228 g/mol. The van der Waals surface area contributed by atoms with Crippen molar-refractivity contribution >= 4 is 11.6 Å². The van der Waals surface area contributed by atoms with Crippen molar-refractivity contribution in [2.24, 2.45) is 0 Å². The normalized spacial score (nSPS) is 14.0. The van der Waals surface area contributed by atoms with Crippen LogP contribution in [0, 0.1) is 0 Å². The number of H-pyrrole nitrogens is 1. The molecule has 3 rings (SSSR count). The molecule has 0 saturated carbocycles. The number of carbonyl (C=O) groups excluding carboxylic acids is 1. The Kier molecular flexibility index (Phi) is 2.33. The number of carbonyl (C=O) groups is 1. The fourth-order valence-corrected chi connectivity index (χ4v) is 1.99. The Morgan fingerprint density at radius 3 is 2.94 bits per heavy atom. The zero-order valence-electron chi connectivity index (χ0n) is 9.22. The van der Waals surface area contributed by atoms with Gasteiger partial charge in [0.05, 0.1) is 12.2 Å². The van der Waals surface area contributed by atoms with E-state index in [-0.39, 0.29) is 5.91 Å². The minimum Gasteiger partial charge on any atom is -0.490 e. The molecule has 0 unspecified atom stereocenters. The molecule has 2 heterocycles. The van der Waals surface area contributed by atoms with E-state index in [9.17, 15) is 4.79 Å². The lowest BCUT2D eigenvalue weighted by atomic mass is 10.2. The Morgan fingerprint density at radius 2 is 2.12 bits per heavy atom. The van der Waals surface area contributed by atoms with Crippen LogP contribution in [0.1, 0.15) is 10.5 Å². The predicted molar refractivity (Wildman–Crippen MR) is 64.4 cm³/mol. The second kappa shape index (κ2) is 3.97. The van der Waals surface area contributed by atoms with E-state index in [0.29, 0.717) is 18.8 Å². The molecular formula is C13H12N2O2. The first-order valence-corrected chi connectivity index (χ1v) is 5.53. The van der Waals surface area contributed by atoms with Crippen LogP contribution in [0.3, 0.4) is 0 Å². The van der Waals surface area contributed by atoms with E-state index in [1.54, 1.807) is 17.2 Å². The van der Waals surface area contributed by atoms with Gasteiger partial charge >= 0.3 is 0 Å². The minimum absolute atomic E-state index is 0.0225. The second-order valence-electron chi connectivity index (χ2n) is 3.86. The minimum atomic E-state index is -0.0225. The molecule has 2 aromatic rings. The number of nitrogens with one attached hydrogen (secondary N) is 1. The molecule has 0 fully saturated rings. The third kappa shape index (κ3) is 1.67. The third-order valence-electron chi connectivity index (χ3n) is 2.80. The molecule has 0 aliphatic carbocycles. The molecule has 0 bridgehead atoms. The van der Waals surface area contributed by atoms with E-state index in [1.165, 1.54) is 0 Å². The van der Waals surface area contributed by atoms with Crippen LogP contribution >= 0.6 is 0 Å². The fourth-order valence-electron chi connectivity index (χ4n) is 1.99. The highest BCUT2D eigenvalue weighted by atomic mass is 16.5. The topological polar surface area (TPSA) is 45.3 Å². The summed E-state index contributed by atoms with van der Waals surface area (Å²) in [4.78, 5) is 16.9. The van der Waals surface area contributed by atoms with E-state index in [2.05, 4.69) is 4.98 Å². The molecule has 4 heteroatoms. The van der Waals surface area contributed by atoms with Gasteiger partial charge in [-0.2, -0.15) is 0 Å². The molecule has 0 atom stereocenters. The lowest BCUT2D eigenvalue weighted by Crippen LogP contribution is -2.38. The van der Waals surface area contributed by atoms with Crippen LogP contribution in [0.25, 0.3) is 0 Å². The highest BCUT2D eigenvalue weighted by Crippen LogP contribution is 2.31. The monoisotopic (exact) mass is 228 g/mol. The molecule has 0 spiro atoms. The summed E-state index contributed by atoms with van der Waals surface area (Å²) in [5.41, 5.74) is 1.43. The van der Waals surface area contributed by atoms with Crippen molar-refractivity contribution < 1.29 is 9.53 Å². The molecule has 17 heavy (non-hydrogen) atoms. The maximum atomic E-state index is 12.3. The first-order valence-electron chi connectivity index (χ1n) is 5.53. The zero-order chi connectivity index (χ0) is 11.7. The highest BCUT2D eigenvalue weighted by molar-refractivity contribution is 6.05. The Hall–Kier alpha value is -2.23. The molecule has 86 valence electrons. The Balaban J connectivity index is 1.98. The van der Waals surface area contributed by atoms with Crippen molar-refractivity contribution in [2.45, 2.75) is 0 Å². The van der Waals surface area contributed by atoms with Gasteiger partial charge in [0.2, 0.25) is 0 Å². The fraction of sp³-hybridized carbons (Fsp3) is 0.154. The van der Waals surface area contributed by atoms with Crippen molar-refractivity contribution in [3.05, 3.63) is 48.3 Å². The van der Waals surface area contributed by atoms with E-state index in [1.807, 2.05) is 30.3 Å². The molecule has 1 aliphatic heterocycles. The van der Waals surface area contributed by atoms with Crippen molar-refractivity contribution in [2.75, 3.05) is 18.1 Å². The van der Waals surface area contributed by atoms with Crippen LogP contribution in [0.15, 0.2) is 42.6 Å². The summed E-state index contributed by atoms with van der Waals surface area (Å²) < 4.78 is 5.52. The van der Waals surface area contributed by atoms with Gasteiger partial charge in [-0.25, -0.2) is 0 Å². The van der Waals surface area contributed by atoms with Gasteiger partial charge in [0.1, 0.15) is 18.1 Å². The predicted octanol–water partition coefficient (Wildman–Crippen LogP) is 2.05. The maximum Gasteiger partial charge on any atom is 0.274 e. The molecule has 1 aromatic carbocycles. The van der Waals surface area contributed by atoms with Crippen molar-refractivity contribution in [1.29, 1.82) is 0 Å². The van der Waals surface area contributed by atoms with E-state index >= 15 is 0 Å². The number of hydrogen-bond acceptors (Lipinski definition) is 2. The summed E-state index contributed by atoms with van der Waals surface area (Å²) in [6.45, 7) is 1.11. The first-order chi connectivity index (χ1) is 8.36. The zero-order valence-corrected chi connectivity index (χ0v) is 9.22. The van der Waals surface area contributed by atoms with Gasteiger partial charge in [-0.15, -0.1) is 0 Å². The lowest BCUT2D eigenvalue weighted by Gasteiger charge is -2.29. The van der Waals surface area contributed by atoms with Crippen LogP contribution in [0.2, 0.25) is 0 Å². The smallest absolute Gasteiger partial charge is 0.274 e. The number of benzene rings is 1. The van der Waals surface area contributed by atoms with E-state index < -0.39 is 0 Å². The third-order valence-corrected chi connectivity index (χ3v) is 2.80. The Bertz CT molecular complexity index is 534. The summed E-state index contributed by atoms with van der Waals surface area (Å²) in [6, 6.07) is 11.2. The number of rotatable bonds is 1. The van der Waals surface area contributed by atoms with Crippen LogP contribution in [0.4, 0.5) is 5.69 Å². The summed E-state index contributed by atoms with van der Waals surface area (Å²) in [7, 11) is 0. The van der Waals surface area contributed by atoms with Crippen LogP contribution in [-0.2, 0) is 0 Å². The number of aromatic amines is 1. The van der Waals surface area contributed by atoms with Gasteiger partial charge in [-0.1, -0.05) is 12.1 Å². The van der Waals surface area contributed by atoms with E-state index in [4.69, 9.17) is 4.74 Å². The van der Waals surface area contributed by atoms with Crippen molar-refractivity contribution in [3.8, 4) is 5.75 Å². The number of amides is 1. The molecule has 1 amide bonds. The van der Waals surface area contributed by atoms with Gasteiger partial charge in [-0.05, 0) is 24.3 Å². The first kappa shape index (κ1) is 9.96. The van der Waals surface area contributed by atoms with Gasteiger partial charge in [0.15, 0.2) is 0 Å². The summed E-state index contributed by atoms with van der Waals surface area (Å²) in [5, 5.41) is 0. The number of aromatic nitrogens is 1. The number of para-hydroxylation sites is 2. The van der Waals surface area contributed by atoms with Crippen molar-refractivity contribution in [1.82, 2.24) is 4.98 Å². The molecule has 1 aliphatic rings. The van der Waals surface area contributed by atoms with Crippen molar-refractivity contribution in [3.63, 3.8) is 0 Å². The number of ether oxygens (including phenoxy) is 1. The largest absolute Gasteiger partial charge is 0.490 e. The highest BCUT2D eigenvalue weighted by Gasteiger charge is 2.24. The molecule has 0 radical (unpaired) electrons. The summed E-state index contributed by atoms with van der Waals surface area (Å²) in [5.74, 6) is 0.740. The van der Waals surface area contributed by atoms with Crippen LogP contribution in [-0.4, -0.2) is 24.0 Å². The van der Waals surface area contributed by atoms with Gasteiger partial charge < -0.3 is 14.6 Å². The molecule has 4 nitrogen and oxygen atoms in total. The number of anilines is 1. The molecule has 0 saturated heterocycles. The van der Waals surface area contributed by atoms with Gasteiger partial charge in [0.25, 0.3) is 5.91 Å². The number of nitrogens with zero attached hydrogens (tertiary/aromatic N) is 1. The van der Waals surface area contributed by atoms with E-state index in [0.717, 1.165) is 11.4 Å². The average Bonchev–Trinajstić information content (AvgIpc) is 2.91. The summed E-state index contributed by atoms with van der Waals surface area (Å²) >= 11 is 0. The number of hydrogen-bond donors (Lipinski definition) is 1. The second-order valence-corrected chi connectivity index (χ2v) is 3.86. The van der Waals surface area contributed by atoms with Crippen LogP contribution < -0.4 is 9.64 Å². The number of fused-ring (bicyclic) bond motifs is 1. The molecule has 1 N–H and O–H groups in total. The molecular weight excluding hydrogens is 216 g/mol. The van der Waals surface area contributed by atoms with Crippen LogP contribution in [0.5, 0.6) is 5.75 Å².